The molecule has 1 aromatic rings. The average Bonchev–Trinajstić information content (AvgIpc) is 2.45. The van der Waals surface area contributed by atoms with Gasteiger partial charge in [-0.15, -0.1) is 6.58 Å². The predicted octanol–water partition coefficient (Wildman–Crippen LogP) is 2.44. The number of amides is 1. The Morgan fingerprint density at radius 2 is 1.86 bits per heavy atom. The summed E-state index contributed by atoms with van der Waals surface area (Å²) < 4.78 is 4.67. The summed E-state index contributed by atoms with van der Waals surface area (Å²) in [5.41, 5.74) is 0.964. The summed E-state index contributed by atoms with van der Waals surface area (Å²) >= 11 is 0. The second-order valence-electron chi connectivity index (χ2n) is 5.73. The van der Waals surface area contributed by atoms with Crippen LogP contribution in [0.15, 0.2) is 42.6 Å². The predicted molar refractivity (Wildman–Crippen MR) is 92.4 cm³/mol. The molecule has 4 nitrogen and oxygen atoms in total. The first kappa shape index (κ1) is 17.9. The van der Waals surface area contributed by atoms with Gasteiger partial charge in [0, 0.05) is 6.92 Å². The monoisotopic (exact) mass is 317 g/mol. The number of hydrogen-bond donors (Lipinski definition) is 1. The number of esters is 1. The fourth-order valence-electron chi connectivity index (χ4n) is 2.12. The quantitative estimate of drug-likeness (QED) is 0.379. The Bertz CT molecular complexity index is 588. The molecule has 0 saturated heterocycles. The van der Waals surface area contributed by atoms with Gasteiger partial charge >= 0.3 is 5.97 Å². The lowest BCUT2D eigenvalue weighted by molar-refractivity contribution is -0.137. The van der Waals surface area contributed by atoms with Crippen LogP contribution >= 0.6 is 0 Å². The second kappa shape index (κ2) is 7.75. The van der Waals surface area contributed by atoms with E-state index >= 15 is 0 Å². The van der Waals surface area contributed by atoms with Crippen LogP contribution in [0, 0.1) is 0 Å². The summed E-state index contributed by atoms with van der Waals surface area (Å²) in [5.74, 6) is -0.881. The molecule has 0 aliphatic heterocycles. The van der Waals surface area contributed by atoms with Crippen LogP contribution in [0.1, 0.15) is 12.5 Å². The number of allylic oxidation sites excluding steroid dienone is 1. The van der Waals surface area contributed by atoms with Crippen molar-refractivity contribution in [3.8, 4) is 0 Å². The molecule has 0 aliphatic rings. The lowest BCUT2D eigenvalue weighted by Crippen LogP contribution is -2.40. The number of carbonyl (C=O) groups excluding carboxylic acids is 2. The SMILES string of the molecule is C=CC[Si](C)(C)c1ccc(/C=C(\NC(C)=O)C(=O)OC)cc1. The standard InChI is InChI=1S/C17H23NO3Si/c1-6-11-22(4,5)15-9-7-14(8-10-15)12-16(17(20)21-3)18-13(2)19/h6-10,12H,1,11H2,2-5H3,(H,18,19)/b16-12-. The van der Waals surface area contributed by atoms with Gasteiger partial charge in [0.15, 0.2) is 0 Å². The minimum atomic E-state index is -1.50. The summed E-state index contributed by atoms with van der Waals surface area (Å²) in [7, 11) is -0.215. The van der Waals surface area contributed by atoms with E-state index < -0.39 is 14.0 Å². The molecular weight excluding hydrogens is 294 g/mol. The molecule has 1 amide bonds. The van der Waals surface area contributed by atoms with E-state index in [0.717, 1.165) is 11.6 Å². The van der Waals surface area contributed by atoms with E-state index in [1.54, 1.807) is 6.08 Å². The van der Waals surface area contributed by atoms with Gasteiger partial charge in [0.1, 0.15) is 5.70 Å². The maximum atomic E-state index is 11.7. The van der Waals surface area contributed by atoms with Crippen LogP contribution in [0.5, 0.6) is 0 Å². The van der Waals surface area contributed by atoms with Crippen molar-refractivity contribution in [1.82, 2.24) is 5.32 Å². The van der Waals surface area contributed by atoms with Gasteiger partial charge in [-0.2, -0.15) is 0 Å². The zero-order valence-corrected chi connectivity index (χ0v) is 14.6. The molecule has 0 heterocycles. The largest absolute Gasteiger partial charge is 0.464 e. The van der Waals surface area contributed by atoms with Crippen LogP contribution in [-0.4, -0.2) is 27.1 Å². The van der Waals surface area contributed by atoms with Gasteiger partial charge in [-0.1, -0.05) is 48.6 Å². The molecule has 0 spiro atoms. The number of carbonyl (C=O) groups is 2. The van der Waals surface area contributed by atoms with Crippen LogP contribution in [0.25, 0.3) is 6.08 Å². The van der Waals surface area contributed by atoms with Gasteiger partial charge in [-0.05, 0) is 17.7 Å². The molecule has 0 unspecified atom stereocenters. The Kier molecular flexibility index (Phi) is 6.31. The van der Waals surface area contributed by atoms with E-state index in [-0.39, 0.29) is 11.6 Å². The number of nitrogens with one attached hydrogen (secondary N) is 1. The van der Waals surface area contributed by atoms with E-state index in [2.05, 4.69) is 41.9 Å². The van der Waals surface area contributed by atoms with Crippen LogP contribution in [0.3, 0.4) is 0 Å². The molecule has 0 aromatic heterocycles. The summed E-state index contributed by atoms with van der Waals surface area (Å²) in [4.78, 5) is 22.8. The van der Waals surface area contributed by atoms with Crippen LogP contribution < -0.4 is 10.5 Å². The van der Waals surface area contributed by atoms with Gasteiger partial charge < -0.3 is 10.1 Å². The smallest absolute Gasteiger partial charge is 0.354 e. The minimum absolute atomic E-state index is 0.130. The third kappa shape index (κ3) is 5.00. The maximum absolute atomic E-state index is 11.7. The number of hydrogen-bond acceptors (Lipinski definition) is 3. The zero-order chi connectivity index (χ0) is 16.8. The zero-order valence-electron chi connectivity index (χ0n) is 13.6. The lowest BCUT2D eigenvalue weighted by Gasteiger charge is -2.21. The molecule has 1 N–H and O–H groups in total. The molecule has 0 bridgehead atoms. The van der Waals surface area contributed by atoms with E-state index in [0.29, 0.717) is 0 Å². The summed E-state index contributed by atoms with van der Waals surface area (Å²) in [5, 5.41) is 3.81. The fraction of sp³-hybridized carbons (Fsp3) is 0.294. The molecule has 1 rings (SSSR count). The highest BCUT2D eigenvalue weighted by molar-refractivity contribution is 6.90. The number of ether oxygens (including phenoxy) is 1. The Balaban J connectivity index is 3.06. The van der Waals surface area contributed by atoms with Crippen molar-refractivity contribution < 1.29 is 14.3 Å². The van der Waals surface area contributed by atoms with E-state index in [4.69, 9.17) is 0 Å². The van der Waals surface area contributed by atoms with Crippen LogP contribution in [0.2, 0.25) is 19.1 Å². The molecule has 0 aliphatic carbocycles. The molecule has 0 fully saturated rings. The van der Waals surface area contributed by atoms with Gasteiger partial charge in [0.25, 0.3) is 0 Å². The molecule has 118 valence electrons. The maximum Gasteiger partial charge on any atom is 0.354 e. The van der Waals surface area contributed by atoms with Crippen molar-refractivity contribution in [3.63, 3.8) is 0 Å². The number of methoxy groups -OCH3 is 1. The van der Waals surface area contributed by atoms with Crippen molar-refractivity contribution in [2.75, 3.05) is 7.11 Å². The van der Waals surface area contributed by atoms with Crippen molar-refractivity contribution in [3.05, 3.63) is 48.2 Å². The molecule has 22 heavy (non-hydrogen) atoms. The summed E-state index contributed by atoms with van der Waals surface area (Å²) in [6, 6.07) is 9.05. The summed E-state index contributed by atoms with van der Waals surface area (Å²) in [6.45, 7) is 9.75. The Morgan fingerprint density at radius 3 is 2.32 bits per heavy atom. The van der Waals surface area contributed by atoms with E-state index in [1.165, 1.54) is 19.2 Å². The first-order chi connectivity index (χ1) is 10.3. The molecule has 1 aromatic carbocycles. The molecule has 0 radical (unpaired) electrons. The Hall–Kier alpha value is -2.14. The van der Waals surface area contributed by atoms with Gasteiger partial charge in [-0.25, -0.2) is 4.79 Å². The van der Waals surface area contributed by atoms with Crippen molar-refractivity contribution >= 4 is 31.2 Å². The van der Waals surface area contributed by atoms with Gasteiger partial charge in [-0.3, -0.25) is 4.79 Å². The van der Waals surface area contributed by atoms with Crippen LogP contribution in [-0.2, 0) is 14.3 Å². The number of rotatable bonds is 6. The lowest BCUT2D eigenvalue weighted by atomic mass is 10.2. The first-order valence-electron chi connectivity index (χ1n) is 7.09. The molecule has 5 heteroatoms. The normalized spacial score (nSPS) is 11.7. The highest BCUT2D eigenvalue weighted by Crippen LogP contribution is 2.12. The van der Waals surface area contributed by atoms with E-state index in [1.807, 2.05) is 18.2 Å². The first-order valence-corrected chi connectivity index (χ1v) is 10.3. The molecule has 0 saturated carbocycles. The Morgan fingerprint density at radius 1 is 1.27 bits per heavy atom. The third-order valence-electron chi connectivity index (χ3n) is 3.37. The van der Waals surface area contributed by atoms with Crippen molar-refractivity contribution in [1.29, 1.82) is 0 Å². The minimum Gasteiger partial charge on any atom is -0.464 e. The summed E-state index contributed by atoms with van der Waals surface area (Å²) in [6.07, 6.45) is 3.57. The van der Waals surface area contributed by atoms with E-state index in [9.17, 15) is 9.59 Å². The second-order valence-corrected chi connectivity index (χ2v) is 10.5. The average molecular weight is 317 g/mol. The third-order valence-corrected chi connectivity index (χ3v) is 6.58. The number of benzene rings is 1. The molecule has 0 atom stereocenters. The fourth-order valence-corrected chi connectivity index (χ4v) is 4.15. The van der Waals surface area contributed by atoms with Crippen molar-refractivity contribution in [2.45, 2.75) is 26.1 Å². The Labute approximate surface area is 132 Å². The highest BCUT2D eigenvalue weighted by Gasteiger charge is 2.21. The van der Waals surface area contributed by atoms with Gasteiger partial charge in [0.05, 0.1) is 15.2 Å². The molecular formula is C17H23NO3Si. The van der Waals surface area contributed by atoms with Crippen molar-refractivity contribution in [2.24, 2.45) is 0 Å². The van der Waals surface area contributed by atoms with Crippen LogP contribution in [0.4, 0.5) is 0 Å². The topological polar surface area (TPSA) is 55.4 Å². The van der Waals surface area contributed by atoms with Gasteiger partial charge in [0.2, 0.25) is 5.91 Å². The highest BCUT2D eigenvalue weighted by atomic mass is 28.3.